The number of aromatic carboxylic acids is 1. The van der Waals surface area contributed by atoms with E-state index in [1.54, 1.807) is 4.57 Å². The maximum absolute atomic E-state index is 11.5. The van der Waals surface area contributed by atoms with Gasteiger partial charge in [0.15, 0.2) is 5.69 Å². The van der Waals surface area contributed by atoms with E-state index in [4.69, 9.17) is 5.11 Å². The number of aromatic nitrogens is 2. The number of carboxylic acid groups (broad SMARTS) is 1. The Hall–Kier alpha value is -2.05. The lowest BCUT2D eigenvalue weighted by Crippen LogP contribution is -2.43. The van der Waals surface area contributed by atoms with Crippen LogP contribution in [0.4, 0.5) is 4.79 Å². The Kier molecular flexibility index (Phi) is 3.22. The Morgan fingerprint density at radius 3 is 2.83 bits per heavy atom. The highest BCUT2D eigenvalue weighted by molar-refractivity contribution is 5.84. The number of carbonyl (C=O) groups excluding carboxylic acids is 1. The van der Waals surface area contributed by atoms with Gasteiger partial charge in [-0.25, -0.2) is 14.6 Å². The van der Waals surface area contributed by atoms with Crippen molar-refractivity contribution in [3.63, 3.8) is 0 Å². The van der Waals surface area contributed by atoms with Crippen molar-refractivity contribution < 1.29 is 14.7 Å². The highest BCUT2D eigenvalue weighted by Crippen LogP contribution is 2.33. The van der Waals surface area contributed by atoms with Crippen LogP contribution in [-0.2, 0) is 6.54 Å². The van der Waals surface area contributed by atoms with Gasteiger partial charge in [-0.2, -0.15) is 0 Å². The molecule has 2 rings (SSSR count). The molecule has 0 atom stereocenters. The van der Waals surface area contributed by atoms with Gasteiger partial charge < -0.3 is 20.3 Å². The molecule has 18 heavy (non-hydrogen) atoms. The van der Waals surface area contributed by atoms with E-state index in [9.17, 15) is 9.59 Å². The summed E-state index contributed by atoms with van der Waals surface area (Å²) in [5.41, 5.74) is -0.0276. The van der Waals surface area contributed by atoms with Crippen molar-refractivity contribution in [2.75, 3.05) is 6.54 Å². The zero-order chi connectivity index (χ0) is 13.2. The minimum atomic E-state index is -1.05. The van der Waals surface area contributed by atoms with Crippen LogP contribution in [-0.4, -0.2) is 38.7 Å². The maximum Gasteiger partial charge on any atom is 0.356 e. The van der Waals surface area contributed by atoms with Gasteiger partial charge in [0.05, 0.1) is 6.33 Å². The fourth-order valence-corrected chi connectivity index (χ4v) is 1.52. The minimum absolute atomic E-state index is 0.00458. The first-order chi connectivity index (χ1) is 8.48. The molecular formula is C11H16N4O3. The standard InChI is InChI=1S/C11H16N4O3/c1-11(2-3-11)14-10(18)12-4-5-15-6-8(9(16)17)13-7-15/h6-7H,2-5H2,1H3,(H,16,17)(H2,12,14,18). The van der Waals surface area contributed by atoms with Crippen LogP contribution in [0, 0.1) is 0 Å². The smallest absolute Gasteiger partial charge is 0.356 e. The van der Waals surface area contributed by atoms with Crippen LogP contribution in [0.3, 0.4) is 0 Å². The zero-order valence-corrected chi connectivity index (χ0v) is 10.1. The van der Waals surface area contributed by atoms with Crippen LogP contribution in [0.25, 0.3) is 0 Å². The topological polar surface area (TPSA) is 96.3 Å². The highest BCUT2D eigenvalue weighted by atomic mass is 16.4. The Labute approximate surface area is 104 Å². The SMILES string of the molecule is CC1(NC(=O)NCCn2cnc(C(=O)O)c2)CC1. The summed E-state index contributed by atoms with van der Waals surface area (Å²) in [6.45, 7) is 2.92. The molecule has 0 spiro atoms. The van der Waals surface area contributed by atoms with Gasteiger partial charge in [0.2, 0.25) is 0 Å². The number of nitrogens with one attached hydrogen (secondary N) is 2. The van der Waals surface area contributed by atoms with E-state index in [-0.39, 0.29) is 17.3 Å². The number of carbonyl (C=O) groups is 2. The van der Waals surface area contributed by atoms with Gasteiger partial charge in [-0.05, 0) is 19.8 Å². The van der Waals surface area contributed by atoms with Gasteiger partial charge in [0.25, 0.3) is 0 Å². The molecule has 0 unspecified atom stereocenters. The van der Waals surface area contributed by atoms with Crippen molar-refractivity contribution in [1.29, 1.82) is 0 Å². The fourth-order valence-electron chi connectivity index (χ4n) is 1.52. The number of nitrogens with zero attached hydrogens (tertiary/aromatic N) is 2. The van der Waals surface area contributed by atoms with E-state index in [0.29, 0.717) is 13.1 Å². The van der Waals surface area contributed by atoms with Gasteiger partial charge in [-0.1, -0.05) is 0 Å². The molecule has 1 heterocycles. The zero-order valence-electron chi connectivity index (χ0n) is 10.1. The molecule has 1 aliphatic rings. The van der Waals surface area contributed by atoms with Crippen LogP contribution < -0.4 is 10.6 Å². The first-order valence-electron chi connectivity index (χ1n) is 5.80. The summed E-state index contributed by atoms with van der Waals surface area (Å²) >= 11 is 0. The van der Waals surface area contributed by atoms with E-state index in [2.05, 4.69) is 15.6 Å². The average Bonchev–Trinajstić information content (AvgIpc) is 2.83. The summed E-state index contributed by atoms with van der Waals surface area (Å²) in [4.78, 5) is 25.8. The Morgan fingerprint density at radius 2 is 2.28 bits per heavy atom. The lowest BCUT2D eigenvalue weighted by molar-refractivity contribution is 0.0691. The van der Waals surface area contributed by atoms with Crippen LogP contribution >= 0.6 is 0 Å². The van der Waals surface area contributed by atoms with Gasteiger partial charge >= 0.3 is 12.0 Å². The Balaban J connectivity index is 1.71. The van der Waals surface area contributed by atoms with Crippen LogP contribution in [0.2, 0.25) is 0 Å². The molecule has 1 aromatic heterocycles. The number of urea groups is 1. The summed E-state index contributed by atoms with van der Waals surface area (Å²) in [7, 11) is 0. The third-order valence-corrected chi connectivity index (χ3v) is 2.92. The van der Waals surface area contributed by atoms with E-state index in [0.717, 1.165) is 12.8 Å². The predicted octanol–water partition coefficient (Wildman–Crippen LogP) is 0.433. The molecule has 2 amide bonds. The number of hydrogen-bond acceptors (Lipinski definition) is 3. The van der Waals surface area contributed by atoms with Crippen molar-refractivity contribution in [1.82, 2.24) is 20.2 Å². The van der Waals surface area contributed by atoms with Crippen LogP contribution in [0.15, 0.2) is 12.5 Å². The van der Waals surface area contributed by atoms with Gasteiger partial charge in [-0.3, -0.25) is 0 Å². The summed E-state index contributed by atoms with van der Waals surface area (Å²) in [6, 6.07) is -0.187. The number of amides is 2. The highest BCUT2D eigenvalue weighted by Gasteiger charge is 2.38. The van der Waals surface area contributed by atoms with Gasteiger partial charge in [0, 0.05) is 24.8 Å². The van der Waals surface area contributed by atoms with E-state index in [1.807, 2.05) is 6.92 Å². The van der Waals surface area contributed by atoms with Crippen molar-refractivity contribution in [2.24, 2.45) is 0 Å². The molecule has 1 aliphatic carbocycles. The number of rotatable bonds is 5. The van der Waals surface area contributed by atoms with Crippen molar-refractivity contribution in [3.8, 4) is 0 Å². The van der Waals surface area contributed by atoms with Crippen molar-refractivity contribution >= 4 is 12.0 Å². The number of carboxylic acids is 1. The molecule has 7 nitrogen and oxygen atoms in total. The molecule has 98 valence electrons. The molecule has 1 saturated carbocycles. The van der Waals surface area contributed by atoms with Gasteiger partial charge in [0.1, 0.15) is 0 Å². The second kappa shape index (κ2) is 4.67. The lowest BCUT2D eigenvalue weighted by atomic mass is 10.3. The van der Waals surface area contributed by atoms with Crippen molar-refractivity contribution in [2.45, 2.75) is 31.8 Å². The van der Waals surface area contributed by atoms with Crippen molar-refractivity contribution in [3.05, 3.63) is 18.2 Å². The van der Waals surface area contributed by atoms with E-state index in [1.165, 1.54) is 12.5 Å². The molecule has 1 aromatic rings. The second-order valence-electron chi connectivity index (χ2n) is 4.74. The van der Waals surface area contributed by atoms with Crippen LogP contribution in [0.5, 0.6) is 0 Å². The molecule has 0 aromatic carbocycles. The average molecular weight is 252 g/mol. The number of hydrogen-bond donors (Lipinski definition) is 3. The molecule has 0 bridgehead atoms. The first kappa shape index (κ1) is 12.4. The third kappa shape index (κ3) is 3.22. The molecule has 0 saturated heterocycles. The quantitative estimate of drug-likeness (QED) is 0.708. The molecule has 3 N–H and O–H groups in total. The normalized spacial score (nSPS) is 16.1. The number of imidazole rings is 1. The maximum atomic E-state index is 11.5. The molecule has 7 heteroatoms. The summed E-state index contributed by atoms with van der Waals surface area (Å²) in [6.07, 6.45) is 4.91. The monoisotopic (exact) mass is 252 g/mol. The molecule has 0 aliphatic heterocycles. The molecule has 1 fully saturated rings. The van der Waals surface area contributed by atoms with E-state index < -0.39 is 5.97 Å². The summed E-state index contributed by atoms with van der Waals surface area (Å²) in [5, 5.41) is 14.3. The van der Waals surface area contributed by atoms with E-state index >= 15 is 0 Å². The molecule has 0 radical (unpaired) electrons. The predicted molar refractivity (Wildman–Crippen MR) is 63.4 cm³/mol. The molecular weight excluding hydrogens is 236 g/mol. The minimum Gasteiger partial charge on any atom is -0.476 e. The summed E-state index contributed by atoms with van der Waals surface area (Å²) in [5.74, 6) is -1.05. The van der Waals surface area contributed by atoms with Crippen LogP contribution in [0.1, 0.15) is 30.3 Å². The third-order valence-electron chi connectivity index (χ3n) is 2.92. The van der Waals surface area contributed by atoms with Gasteiger partial charge in [-0.15, -0.1) is 0 Å². The Morgan fingerprint density at radius 1 is 1.56 bits per heavy atom. The first-order valence-corrected chi connectivity index (χ1v) is 5.80. The lowest BCUT2D eigenvalue weighted by Gasteiger charge is -2.12. The largest absolute Gasteiger partial charge is 0.476 e. The Bertz CT molecular complexity index is 465. The fraction of sp³-hybridized carbons (Fsp3) is 0.545. The summed E-state index contributed by atoms with van der Waals surface area (Å²) < 4.78 is 1.63. The second-order valence-corrected chi connectivity index (χ2v) is 4.74.